The molecule has 0 saturated carbocycles. The van der Waals surface area contributed by atoms with E-state index in [9.17, 15) is 14.4 Å². The van der Waals surface area contributed by atoms with Crippen LogP contribution in [0.4, 0.5) is 0 Å². The Morgan fingerprint density at radius 1 is 0.415 bits per heavy atom. The van der Waals surface area contributed by atoms with Crippen molar-refractivity contribution >= 4 is 17.9 Å². The highest BCUT2D eigenvalue weighted by Crippen LogP contribution is 2.10. The molecule has 0 fully saturated rings. The summed E-state index contributed by atoms with van der Waals surface area (Å²) in [6.07, 6.45) is 55.1. The number of allylic oxidation sites excluding steroid dienone is 19. The van der Waals surface area contributed by atoms with Gasteiger partial charge >= 0.3 is 17.9 Å². The van der Waals surface area contributed by atoms with Gasteiger partial charge in [0.15, 0.2) is 6.10 Å². The van der Waals surface area contributed by atoms with Crippen LogP contribution in [0.5, 0.6) is 0 Å². The smallest absolute Gasteiger partial charge is 0.309 e. The molecule has 0 rings (SSSR count). The summed E-state index contributed by atoms with van der Waals surface area (Å²) < 4.78 is 16.4. The maximum absolute atomic E-state index is 12.6. The molecule has 6 nitrogen and oxygen atoms in total. The minimum absolute atomic E-state index is 0.114. The molecule has 0 spiro atoms. The van der Waals surface area contributed by atoms with Gasteiger partial charge in [-0.2, -0.15) is 0 Å². The van der Waals surface area contributed by atoms with Gasteiger partial charge in [-0.05, 0) is 77.0 Å². The van der Waals surface area contributed by atoms with Crippen LogP contribution in [0.3, 0.4) is 0 Å². The molecule has 53 heavy (non-hydrogen) atoms. The van der Waals surface area contributed by atoms with E-state index in [0.29, 0.717) is 12.8 Å². The first kappa shape index (κ1) is 48.8. The average molecular weight is 731 g/mol. The molecular weight excluding hydrogens is 661 g/mol. The van der Waals surface area contributed by atoms with E-state index < -0.39 is 18.0 Å². The van der Waals surface area contributed by atoms with E-state index in [0.717, 1.165) is 89.9 Å². The second kappa shape index (κ2) is 40.6. The van der Waals surface area contributed by atoms with Crippen LogP contribution in [0.2, 0.25) is 0 Å². The van der Waals surface area contributed by atoms with Crippen LogP contribution in [0.25, 0.3) is 0 Å². The second-order valence-electron chi connectivity index (χ2n) is 12.5. The zero-order valence-electron chi connectivity index (χ0n) is 33.2. The summed E-state index contributed by atoms with van der Waals surface area (Å²) in [7, 11) is 0. The number of ether oxygens (including phenoxy) is 3. The zero-order valence-corrected chi connectivity index (χ0v) is 33.2. The molecule has 0 bridgehead atoms. The Bertz CT molecular complexity index is 1210. The first-order valence-corrected chi connectivity index (χ1v) is 20.1. The number of esters is 3. The van der Waals surface area contributed by atoms with Crippen LogP contribution in [-0.2, 0) is 28.6 Å². The third-order valence-corrected chi connectivity index (χ3v) is 7.57. The molecule has 1 unspecified atom stereocenters. The van der Waals surface area contributed by atoms with E-state index in [1.54, 1.807) is 6.08 Å². The van der Waals surface area contributed by atoms with Gasteiger partial charge in [0.25, 0.3) is 0 Å². The molecule has 0 aliphatic rings. The summed E-state index contributed by atoms with van der Waals surface area (Å²) in [4.78, 5) is 37.4. The molecule has 0 radical (unpaired) electrons. The summed E-state index contributed by atoms with van der Waals surface area (Å²) in [6.45, 7) is 6.04. The predicted octanol–water partition coefficient (Wildman–Crippen LogP) is 12.6. The fourth-order valence-electron chi connectivity index (χ4n) is 4.65. The van der Waals surface area contributed by atoms with Crippen LogP contribution in [0.15, 0.2) is 122 Å². The Labute approximate surface area is 322 Å². The Hall–Kier alpha value is -4.19. The van der Waals surface area contributed by atoms with Crippen molar-refractivity contribution in [2.45, 2.75) is 142 Å². The van der Waals surface area contributed by atoms with E-state index in [1.807, 2.05) is 36.5 Å². The van der Waals surface area contributed by atoms with E-state index in [-0.39, 0.29) is 32.0 Å². The number of carbonyl (C=O) groups excluding carboxylic acids is 3. The van der Waals surface area contributed by atoms with Gasteiger partial charge in [-0.25, -0.2) is 0 Å². The first-order valence-electron chi connectivity index (χ1n) is 20.1. The molecule has 0 amide bonds. The van der Waals surface area contributed by atoms with Gasteiger partial charge in [0.05, 0.1) is 6.42 Å². The van der Waals surface area contributed by atoms with Crippen LogP contribution < -0.4 is 0 Å². The summed E-state index contributed by atoms with van der Waals surface area (Å²) in [5.41, 5.74) is 0. The zero-order chi connectivity index (χ0) is 38.7. The standard InChI is InChI=1S/C47H70O6/c1-4-7-10-13-16-19-21-22-23-24-26-28-31-34-37-40-46(49)52-43-44(42-51-45(48)39-36-33-30-27-18-15-12-9-6-3)53-47(50)41-38-35-32-29-25-20-17-14-11-8-5-2/h7-13,16-23,27,29,32-33,36,44H,4-6,14-15,24-26,28,30-31,34-35,37-43H2,1-3H3/b10-7-,11-8-,12-9-,16-13-,20-17-,21-19-,23-22-,27-18-,32-29-,36-33-. The summed E-state index contributed by atoms with van der Waals surface area (Å²) in [6, 6.07) is 0. The van der Waals surface area contributed by atoms with Crippen molar-refractivity contribution in [3.8, 4) is 0 Å². The minimum atomic E-state index is -0.849. The maximum Gasteiger partial charge on any atom is 0.309 e. The monoisotopic (exact) mass is 731 g/mol. The number of hydrogen-bond donors (Lipinski definition) is 0. The minimum Gasteiger partial charge on any atom is -0.462 e. The van der Waals surface area contributed by atoms with E-state index in [4.69, 9.17) is 14.2 Å². The molecule has 0 N–H and O–H groups in total. The van der Waals surface area contributed by atoms with Crippen molar-refractivity contribution in [1.29, 1.82) is 0 Å². The molecule has 0 aliphatic carbocycles. The Morgan fingerprint density at radius 3 is 1.49 bits per heavy atom. The molecule has 6 heteroatoms. The van der Waals surface area contributed by atoms with Crippen molar-refractivity contribution in [2.75, 3.05) is 13.2 Å². The van der Waals surface area contributed by atoms with Crippen molar-refractivity contribution in [3.63, 3.8) is 0 Å². The SMILES string of the molecule is CC\C=C/C=C\C=C/C=C\CCCCCCCC(=O)OCC(COC(=O)C/C=C\C/C=C\C/C=C\CC)OC(=O)CCC/C=C\C/C=C\C/C=C\CC. The molecule has 0 aliphatic heterocycles. The molecule has 0 aromatic carbocycles. The van der Waals surface area contributed by atoms with Gasteiger partial charge in [-0.1, -0.05) is 162 Å². The fraction of sp³-hybridized carbons (Fsp3) is 0.511. The molecule has 0 saturated heterocycles. The summed E-state index contributed by atoms with van der Waals surface area (Å²) >= 11 is 0. The van der Waals surface area contributed by atoms with Crippen LogP contribution >= 0.6 is 0 Å². The number of hydrogen-bond acceptors (Lipinski definition) is 6. The van der Waals surface area contributed by atoms with Gasteiger partial charge in [0.1, 0.15) is 13.2 Å². The molecule has 0 aromatic rings. The molecule has 0 heterocycles. The van der Waals surface area contributed by atoms with Gasteiger partial charge < -0.3 is 14.2 Å². The van der Waals surface area contributed by atoms with Crippen molar-refractivity contribution in [2.24, 2.45) is 0 Å². The number of unbranched alkanes of at least 4 members (excludes halogenated alkanes) is 6. The number of carbonyl (C=O) groups is 3. The highest BCUT2D eigenvalue weighted by atomic mass is 16.6. The fourth-order valence-corrected chi connectivity index (χ4v) is 4.65. The van der Waals surface area contributed by atoms with Gasteiger partial charge in [-0.3, -0.25) is 14.4 Å². The molecule has 1 atom stereocenters. The third kappa shape index (κ3) is 38.9. The highest BCUT2D eigenvalue weighted by Gasteiger charge is 2.19. The highest BCUT2D eigenvalue weighted by molar-refractivity contribution is 5.72. The largest absolute Gasteiger partial charge is 0.462 e. The van der Waals surface area contributed by atoms with Crippen molar-refractivity contribution in [1.82, 2.24) is 0 Å². The van der Waals surface area contributed by atoms with E-state index in [1.165, 1.54) is 0 Å². The normalized spacial score (nSPS) is 13.3. The van der Waals surface area contributed by atoms with Crippen molar-refractivity contribution in [3.05, 3.63) is 122 Å². The first-order chi connectivity index (χ1) is 26.0. The van der Waals surface area contributed by atoms with Crippen LogP contribution in [-0.4, -0.2) is 37.2 Å². The summed E-state index contributed by atoms with van der Waals surface area (Å²) in [5.74, 6) is -1.17. The van der Waals surface area contributed by atoms with E-state index >= 15 is 0 Å². The van der Waals surface area contributed by atoms with Gasteiger partial charge in [0.2, 0.25) is 0 Å². The van der Waals surface area contributed by atoms with Gasteiger partial charge in [-0.15, -0.1) is 0 Å². The molecule has 0 aromatic heterocycles. The second-order valence-corrected chi connectivity index (χ2v) is 12.5. The molecule has 294 valence electrons. The lowest BCUT2D eigenvalue weighted by Crippen LogP contribution is -2.30. The quantitative estimate of drug-likeness (QED) is 0.0220. The lowest BCUT2D eigenvalue weighted by atomic mass is 10.1. The van der Waals surface area contributed by atoms with Gasteiger partial charge in [0, 0.05) is 12.8 Å². The Kier molecular flexibility index (Phi) is 37.4. The lowest BCUT2D eigenvalue weighted by Gasteiger charge is -2.18. The predicted molar refractivity (Wildman–Crippen MR) is 223 cm³/mol. The van der Waals surface area contributed by atoms with Crippen molar-refractivity contribution < 1.29 is 28.6 Å². The van der Waals surface area contributed by atoms with E-state index in [2.05, 4.69) is 99.8 Å². The number of rotatable bonds is 33. The Morgan fingerprint density at radius 2 is 0.868 bits per heavy atom. The lowest BCUT2D eigenvalue weighted by molar-refractivity contribution is -0.166. The van der Waals surface area contributed by atoms with Crippen LogP contribution in [0.1, 0.15) is 136 Å². The molecular formula is C47H70O6. The Balaban J connectivity index is 4.58. The maximum atomic E-state index is 12.6. The third-order valence-electron chi connectivity index (χ3n) is 7.57. The van der Waals surface area contributed by atoms with Crippen LogP contribution in [0, 0.1) is 0 Å². The topological polar surface area (TPSA) is 78.9 Å². The summed E-state index contributed by atoms with van der Waals surface area (Å²) in [5, 5.41) is 0. The average Bonchev–Trinajstić information content (AvgIpc) is 3.15.